The molecule has 2 heterocycles. The Bertz CT molecular complexity index is 1010. The Morgan fingerprint density at radius 2 is 1.90 bits per heavy atom. The molecule has 1 aliphatic rings. The molecule has 3 rings (SSSR count). The van der Waals surface area contributed by atoms with Gasteiger partial charge in [-0.05, 0) is 24.6 Å². The van der Waals surface area contributed by atoms with E-state index in [0.717, 1.165) is 0 Å². The lowest BCUT2D eigenvalue weighted by Crippen LogP contribution is -2.25. The van der Waals surface area contributed by atoms with E-state index in [0.29, 0.717) is 30.3 Å². The number of carbonyl (C=O) groups is 2. The monoisotopic (exact) mass is 439 g/mol. The smallest absolute Gasteiger partial charge is 0.374 e. The van der Waals surface area contributed by atoms with Crippen LogP contribution in [-0.4, -0.2) is 47.2 Å². The highest BCUT2D eigenvalue weighted by atomic mass is 32.2. The average molecular weight is 439 g/mol. The maximum Gasteiger partial charge on any atom is 0.374 e. The minimum Gasteiger partial charge on any atom is -0.486 e. The first-order valence-electron chi connectivity index (χ1n) is 9.10. The molecule has 0 spiro atoms. The van der Waals surface area contributed by atoms with Gasteiger partial charge in [-0.15, -0.1) is 0 Å². The van der Waals surface area contributed by atoms with Crippen molar-refractivity contribution in [3.8, 4) is 11.5 Å². The fraction of sp³-hybridized carbons (Fsp3) is 0.368. The first kappa shape index (κ1) is 21.7. The Hall–Kier alpha value is -3.05. The summed E-state index contributed by atoms with van der Waals surface area (Å²) in [5.74, 6) is -0.364. The van der Waals surface area contributed by atoms with Crippen molar-refractivity contribution in [2.75, 3.05) is 26.9 Å². The molecule has 0 atom stereocenters. The number of hydrogen-bond acceptors (Lipinski definition) is 9. The summed E-state index contributed by atoms with van der Waals surface area (Å²) in [7, 11) is -2.54. The first-order valence-corrected chi connectivity index (χ1v) is 10.6. The molecule has 1 aliphatic heterocycles. The van der Waals surface area contributed by atoms with Crippen LogP contribution in [0.2, 0.25) is 0 Å². The highest BCUT2D eigenvalue weighted by Crippen LogP contribution is 2.32. The molecule has 162 valence electrons. The molecular weight excluding hydrogens is 418 g/mol. The Morgan fingerprint density at radius 1 is 1.13 bits per heavy atom. The zero-order chi connectivity index (χ0) is 21.6. The van der Waals surface area contributed by atoms with Gasteiger partial charge in [0.25, 0.3) is 0 Å². The third kappa shape index (κ3) is 5.30. The predicted octanol–water partition coefficient (Wildman–Crippen LogP) is 1.64. The number of carbonyl (C=O) groups excluding carboxylic acids is 2. The number of benzene rings is 1. The minimum absolute atomic E-state index is 0.00489. The fourth-order valence-electron chi connectivity index (χ4n) is 2.66. The number of methoxy groups -OCH3 is 1. The van der Waals surface area contributed by atoms with Crippen molar-refractivity contribution < 1.29 is 41.4 Å². The van der Waals surface area contributed by atoms with E-state index in [-0.39, 0.29) is 36.6 Å². The van der Waals surface area contributed by atoms with Crippen molar-refractivity contribution in [3.63, 3.8) is 0 Å². The summed E-state index contributed by atoms with van der Waals surface area (Å²) in [6, 6.07) is 5.86. The minimum atomic E-state index is -3.76. The number of hydrogen-bond donors (Lipinski definition) is 1. The SMILES string of the molecule is COC(=O)c1occc1COC(=O)CCCNS(=O)(=O)c1ccc2c(c1)OCCO2. The molecular formula is C19H21NO9S. The van der Waals surface area contributed by atoms with Crippen molar-refractivity contribution in [2.24, 2.45) is 0 Å². The van der Waals surface area contributed by atoms with Gasteiger partial charge in [0.15, 0.2) is 11.5 Å². The highest BCUT2D eigenvalue weighted by molar-refractivity contribution is 7.89. The van der Waals surface area contributed by atoms with Gasteiger partial charge in [0, 0.05) is 24.6 Å². The molecule has 1 N–H and O–H groups in total. The highest BCUT2D eigenvalue weighted by Gasteiger charge is 2.20. The maximum absolute atomic E-state index is 12.4. The molecule has 1 aromatic carbocycles. The number of fused-ring (bicyclic) bond motifs is 1. The zero-order valence-electron chi connectivity index (χ0n) is 16.2. The second-order valence-corrected chi connectivity index (χ2v) is 8.00. The van der Waals surface area contributed by atoms with Crippen LogP contribution in [0.4, 0.5) is 0 Å². The van der Waals surface area contributed by atoms with Crippen LogP contribution in [0.15, 0.2) is 39.8 Å². The van der Waals surface area contributed by atoms with Gasteiger partial charge in [-0.2, -0.15) is 0 Å². The average Bonchev–Trinajstić information content (AvgIpc) is 3.23. The Labute approximate surface area is 173 Å². The van der Waals surface area contributed by atoms with Gasteiger partial charge < -0.3 is 23.4 Å². The van der Waals surface area contributed by atoms with Crippen molar-refractivity contribution in [1.82, 2.24) is 4.72 Å². The van der Waals surface area contributed by atoms with Crippen molar-refractivity contribution in [2.45, 2.75) is 24.3 Å². The second-order valence-electron chi connectivity index (χ2n) is 6.23. The summed E-state index contributed by atoms with van der Waals surface area (Å²) in [6.45, 7) is 0.664. The number of esters is 2. The third-order valence-corrected chi connectivity index (χ3v) is 5.64. The summed E-state index contributed by atoms with van der Waals surface area (Å²) in [5, 5.41) is 0. The molecule has 0 saturated heterocycles. The second kappa shape index (κ2) is 9.63. The van der Waals surface area contributed by atoms with Crippen LogP contribution >= 0.6 is 0 Å². The summed E-state index contributed by atoms with van der Waals surface area (Å²) in [5.41, 5.74) is 0.384. The van der Waals surface area contributed by atoms with Crippen LogP contribution in [-0.2, 0) is 30.9 Å². The molecule has 0 amide bonds. The summed E-state index contributed by atoms with van der Waals surface area (Å²) in [6.07, 6.45) is 1.52. The summed E-state index contributed by atoms with van der Waals surface area (Å²) >= 11 is 0. The molecule has 0 fully saturated rings. The lowest BCUT2D eigenvalue weighted by molar-refractivity contribution is -0.145. The van der Waals surface area contributed by atoms with E-state index in [1.54, 1.807) is 6.07 Å². The summed E-state index contributed by atoms with van der Waals surface area (Å²) < 4.78 is 52.6. The quantitative estimate of drug-likeness (QED) is 0.458. The van der Waals surface area contributed by atoms with Gasteiger partial charge in [0.1, 0.15) is 19.8 Å². The molecule has 0 radical (unpaired) electrons. The first-order chi connectivity index (χ1) is 14.4. The van der Waals surface area contributed by atoms with Gasteiger partial charge in [0.2, 0.25) is 15.8 Å². The van der Waals surface area contributed by atoms with Gasteiger partial charge in [0.05, 0.1) is 18.3 Å². The van der Waals surface area contributed by atoms with Gasteiger partial charge >= 0.3 is 11.9 Å². The van der Waals surface area contributed by atoms with Crippen LogP contribution in [0.25, 0.3) is 0 Å². The zero-order valence-corrected chi connectivity index (χ0v) is 17.0. The fourth-order valence-corrected chi connectivity index (χ4v) is 3.75. The number of rotatable bonds is 9. The normalized spacial score (nSPS) is 13.0. The standard InChI is InChI=1S/C19H21NO9S/c1-25-19(22)18-13(6-8-28-18)12-29-17(21)3-2-7-20-30(23,24)14-4-5-15-16(11-14)27-10-9-26-15/h4-6,8,11,20H,2-3,7,9-10,12H2,1H3. The van der Waals surface area contributed by atoms with E-state index < -0.39 is 22.0 Å². The van der Waals surface area contributed by atoms with Crippen LogP contribution in [0.3, 0.4) is 0 Å². The van der Waals surface area contributed by atoms with Crippen LogP contribution in [0.5, 0.6) is 11.5 Å². The summed E-state index contributed by atoms with van der Waals surface area (Å²) in [4.78, 5) is 23.4. The van der Waals surface area contributed by atoms with Crippen LogP contribution in [0, 0.1) is 0 Å². The van der Waals surface area contributed by atoms with Gasteiger partial charge in [-0.1, -0.05) is 0 Å². The Morgan fingerprint density at radius 3 is 2.67 bits per heavy atom. The topological polar surface area (TPSA) is 130 Å². The molecule has 1 aromatic heterocycles. The van der Waals surface area contributed by atoms with Crippen molar-refractivity contribution in [1.29, 1.82) is 0 Å². The molecule has 10 nitrogen and oxygen atoms in total. The molecule has 0 unspecified atom stereocenters. The van der Waals surface area contributed by atoms with E-state index in [2.05, 4.69) is 9.46 Å². The molecule has 0 bridgehead atoms. The van der Waals surface area contributed by atoms with E-state index in [1.165, 1.54) is 31.6 Å². The van der Waals surface area contributed by atoms with E-state index in [9.17, 15) is 18.0 Å². The Balaban J connectivity index is 1.43. The van der Waals surface area contributed by atoms with E-state index in [1.807, 2.05) is 0 Å². The number of sulfonamides is 1. The lowest BCUT2D eigenvalue weighted by atomic mass is 10.2. The van der Waals surface area contributed by atoms with Crippen molar-refractivity contribution in [3.05, 3.63) is 41.9 Å². The van der Waals surface area contributed by atoms with Gasteiger partial charge in [-0.25, -0.2) is 17.9 Å². The number of nitrogens with one attached hydrogen (secondary N) is 1. The largest absolute Gasteiger partial charge is 0.486 e. The van der Waals surface area contributed by atoms with Crippen molar-refractivity contribution >= 4 is 22.0 Å². The van der Waals surface area contributed by atoms with E-state index in [4.69, 9.17) is 18.6 Å². The number of furan rings is 1. The number of ether oxygens (including phenoxy) is 4. The molecule has 11 heteroatoms. The van der Waals surface area contributed by atoms with Gasteiger partial charge in [-0.3, -0.25) is 4.79 Å². The third-order valence-electron chi connectivity index (χ3n) is 4.18. The van der Waals surface area contributed by atoms with Crippen LogP contribution in [0.1, 0.15) is 29.0 Å². The Kier molecular flexibility index (Phi) is 6.95. The molecule has 30 heavy (non-hydrogen) atoms. The molecule has 0 aliphatic carbocycles. The predicted molar refractivity (Wildman–Crippen MR) is 102 cm³/mol. The maximum atomic E-state index is 12.4. The van der Waals surface area contributed by atoms with Crippen LogP contribution < -0.4 is 14.2 Å². The molecule has 0 saturated carbocycles. The lowest BCUT2D eigenvalue weighted by Gasteiger charge is -2.18. The van der Waals surface area contributed by atoms with E-state index >= 15 is 0 Å². The molecule has 2 aromatic rings.